The van der Waals surface area contributed by atoms with Crippen LogP contribution in [-0.2, 0) is 19.6 Å². The predicted octanol–water partition coefficient (Wildman–Crippen LogP) is 0.200. The molecule has 2 fully saturated rings. The fraction of sp³-hybridized carbons (Fsp3) is 0.556. The van der Waals surface area contributed by atoms with Crippen LogP contribution in [0.2, 0.25) is 0 Å². The number of carbonyl (C=O) groups excluding carboxylic acids is 2. The minimum absolute atomic E-state index is 0. The third kappa shape index (κ3) is 5.66. The van der Waals surface area contributed by atoms with Gasteiger partial charge >= 0.3 is 0 Å². The van der Waals surface area contributed by atoms with E-state index in [4.69, 9.17) is 0 Å². The number of carbonyl (C=O) groups is 2. The minimum Gasteiger partial charge on any atom is -0.341 e. The van der Waals surface area contributed by atoms with Gasteiger partial charge in [0, 0.05) is 45.2 Å². The molecule has 0 spiro atoms. The second kappa shape index (κ2) is 10.2. The van der Waals surface area contributed by atoms with Gasteiger partial charge in [0.25, 0.3) is 0 Å². The van der Waals surface area contributed by atoms with E-state index in [2.05, 4.69) is 10.0 Å². The first-order chi connectivity index (χ1) is 13.0. The van der Waals surface area contributed by atoms with Crippen molar-refractivity contribution in [1.82, 2.24) is 19.8 Å². The molecule has 1 unspecified atom stereocenters. The standard InChI is InChI=1S/C18H26N4O4S.ClH/c23-17(8-9-20-27(25,26)16-6-2-1-3-7-16)21-11-4-5-15(14-21)22-12-10-19-13-18(22)24;/h1-3,6-7,15,19-20H,4-5,8-14H2;1H. The predicted molar refractivity (Wildman–Crippen MR) is 108 cm³/mol. The van der Waals surface area contributed by atoms with Gasteiger partial charge in [-0.15, -0.1) is 12.4 Å². The van der Waals surface area contributed by atoms with Gasteiger partial charge in [-0.1, -0.05) is 18.2 Å². The smallest absolute Gasteiger partial charge is 0.240 e. The Balaban J connectivity index is 0.00000280. The van der Waals surface area contributed by atoms with Crippen LogP contribution in [0.15, 0.2) is 35.2 Å². The molecule has 0 aliphatic carbocycles. The molecule has 3 rings (SSSR count). The first-order valence-electron chi connectivity index (χ1n) is 9.30. The van der Waals surface area contributed by atoms with Crippen molar-refractivity contribution in [2.75, 3.05) is 39.3 Å². The van der Waals surface area contributed by atoms with Crippen molar-refractivity contribution in [2.45, 2.75) is 30.2 Å². The molecule has 2 heterocycles. The number of rotatable bonds is 6. The zero-order valence-corrected chi connectivity index (χ0v) is 17.3. The summed E-state index contributed by atoms with van der Waals surface area (Å²) in [7, 11) is -3.60. The van der Waals surface area contributed by atoms with Crippen molar-refractivity contribution in [2.24, 2.45) is 0 Å². The molecule has 1 aromatic carbocycles. The van der Waals surface area contributed by atoms with Crippen LogP contribution in [-0.4, -0.2) is 75.3 Å². The molecule has 1 aromatic rings. The third-order valence-corrected chi connectivity index (χ3v) is 6.48. The summed E-state index contributed by atoms with van der Waals surface area (Å²) in [5.41, 5.74) is 0. The average molecular weight is 431 g/mol. The van der Waals surface area contributed by atoms with Gasteiger partial charge in [0.2, 0.25) is 21.8 Å². The van der Waals surface area contributed by atoms with Crippen LogP contribution >= 0.6 is 12.4 Å². The highest BCUT2D eigenvalue weighted by molar-refractivity contribution is 7.89. The van der Waals surface area contributed by atoms with E-state index < -0.39 is 10.0 Å². The Morgan fingerprint density at radius 1 is 1.21 bits per heavy atom. The summed E-state index contributed by atoms with van der Waals surface area (Å²) in [4.78, 5) is 28.4. The number of benzene rings is 1. The Labute approximate surface area is 172 Å². The van der Waals surface area contributed by atoms with E-state index in [1.54, 1.807) is 23.1 Å². The number of amides is 2. The first kappa shape index (κ1) is 22.6. The number of likely N-dealkylation sites (tertiary alicyclic amines) is 1. The van der Waals surface area contributed by atoms with Crippen LogP contribution in [0.1, 0.15) is 19.3 Å². The summed E-state index contributed by atoms with van der Waals surface area (Å²) >= 11 is 0. The highest BCUT2D eigenvalue weighted by Crippen LogP contribution is 2.18. The van der Waals surface area contributed by atoms with Gasteiger partial charge in [0.15, 0.2) is 0 Å². The van der Waals surface area contributed by atoms with E-state index in [-0.39, 0.29) is 48.1 Å². The van der Waals surface area contributed by atoms with Gasteiger partial charge in [-0.2, -0.15) is 0 Å². The van der Waals surface area contributed by atoms with Crippen LogP contribution in [0.4, 0.5) is 0 Å². The number of nitrogens with zero attached hydrogens (tertiary/aromatic N) is 2. The zero-order chi connectivity index (χ0) is 19.3. The molecule has 10 heteroatoms. The molecule has 2 aliphatic rings. The minimum atomic E-state index is -3.60. The van der Waals surface area contributed by atoms with Crippen molar-refractivity contribution >= 4 is 34.2 Å². The number of piperazine rings is 1. The number of halogens is 1. The molecular formula is C18H27ClN4O4S. The maximum absolute atomic E-state index is 12.5. The molecule has 2 amide bonds. The number of hydrogen-bond donors (Lipinski definition) is 2. The van der Waals surface area contributed by atoms with Crippen LogP contribution in [0.25, 0.3) is 0 Å². The van der Waals surface area contributed by atoms with Crippen molar-refractivity contribution in [3.05, 3.63) is 30.3 Å². The van der Waals surface area contributed by atoms with E-state index in [1.165, 1.54) is 12.1 Å². The zero-order valence-electron chi connectivity index (χ0n) is 15.7. The Bertz CT molecular complexity index is 775. The maximum atomic E-state index is 12.5. The second-order valence-corrected chi connectivity index (χ2v) is 8.63. The molecule has 2 saturated heterocycles. The monoisotopic (exact) mass is 430 g/mol. The van der Waals surface area contributed by atoms with Gasteiger partial charge in [0.1, 0.15) is 0 Å². The molecule has 2 aliphatic heterocycles. The lowest BCUT2D eigenvalue weighted by Crippen LogP contribution is -2.57. The van der Waals surface area contributed by atoms with Crippen LogP contribution < -0.4 is 10.0 Å². The summed E-state index contributed by atoms with van der Waals surface area (Å²) in [6, 6.07) is 8.15. The van der Waals surface area contributed by atoms with E-state index in [0.717, 1.165) is 19.4 Å². The largest absolute Gasteiger partial charge is 0.341 e. The molecule has 0 radical (unpaired) electrons. The fourth-order valence-electron chi connectivity index (χ4n) is 3.58. The number of hydrogen-bond acceptors (Lipinski definition) is 5. The number of sulfonamides is 1. The normalized spacial score (nSPS) is 20.6. The average Bonchev–Trinajstić information content (AvgIpc) is 2.69. The van der Waals surface area contributed by atoms with Gasteiger partial charge in [-0.3, -0.25) is 9.59 Å². The SMILES string of the molecule is Cl.O=C(CCNS(=O)(=O)c1ccccc1)N1CCCC(N2CCNCC2=O)C1. The fourth-order valence-corrected chi connectivity index (χ4v) is 4.63. The van der Waals surface area contributed by atoms with E-state index >= 15 is 0 Å². The second-order valence-electron chi connectivity index (χ2n) is 6.86. The molecule has 0 bridgehead atoms. The Morgan fingerprint density at radius 2 is 1.96 bits per heavy atom. The highest BCUT2D eigenvalue weighted by Gasteiger charge is 2.31. The van der Waals surface area contributed by atoms with Crippen LogP contribution in [0, 0.1) is 0 Å². The Kier molecular flexibility index (Phi) is 8.23. The van der Waals surface area contributed by atoms with Crippen molar-refractivity contribution in [3.63, 3.8) is 0 Å². The number of piperidine rings is 1. The molecule has 156 valence electrons. The maximum Gasteiger partial charge on any atom is 0.240 e. The summed E-state index contributed by atoms with van der Waals surface area (Å²) < 4.78 is 26.9. The van der Waals surface area contributed by atoms with E-state index in [1.807, 2.05) is 4.90 Å². The van der Waals surface area contributed by atoms with Gasteiger partial charge in [0.05, 0.1) is 11.4 Å². The van der Waals surface area contributed by atoms with Crippen LogP contribution in [0.5, 0.6) is 0 Å². The molecule has 2 N–H and O–H groups in total. The summed E-state index contributed by atoms with van der Waals surface area (Å²) in [5.74, 6) is -0.00536. The Morgan fingerprint density at radius 3 is 2.68 bits per heavy atom. The van der Waals surface area contributed by atoms with Crippen LogP contribution in [0.3, 0.4) is 0 Å². The Hall–Kier alpha value is -1.68. The van der Waals surface area contributed by atoms with E-state index in [9.17, 15) is 18.0 Å². The summed E-state index contributed by atoms with van der Waals surface area (Å²) in [5, 5.41) is 3.06. The quantitative estimate of drug-likeness (QED) is 0.671. The molecular weight excluding hydrogens is 404 g/mol. The molecule has 0 saturated carbocycles. The summed E-state index contributed by atoms with van der Waals surface area (Å²) in [6.45, 7) is 3.03. The van der Waals surface area contributed by atoms with Gasteiger partial charge < -0.3 is 15.1 Å². The van der Waals surface area contributed by atoms with Crippen molar-refractivity contribution in [3.8, 4) is 0 Å². The van der Waals surface area contributed by atoms with Gasteiger partial charge in [-0.25, -0.2) is 13.1 Å². The highest BCUT2D eigenvalue weighted by atomic mass is 35.5. The number of nitrogens with one attached hydrogen (secondary N) is 2. The van der Waals surface area contributed by atoms with Crippen molar-refractivity contribution < 1.29 is 18.0 Å². The topological polar surface area (TPSA) is 98.8 Å². The molecule has 0 aromatic heterocycles. The first-order valence-corrected chi connectivity index (χ1v) is 10.8. The molecule has 1 atom stereocenters. The lowest BCUT2D eigenvalue weighted by atomic mass is 10.0. The van der Waals surface area contributed by atoms with E-state index in [0.29, 0.717) is 26.2 Å². The molecule has 28 heavy (non-hydrogen) atoms. The third-order valence-electron chi connectivity index (χ3n) is 5.00. The van der Waals surface area contributed by atoms with Gasteiger partial charge in [-0.05, 0) is 25.0 Å². The molecule has 8 nitrogen and oxygen atoms in total. The van der Waals surface area contributed by atoms with Crippen molar-refractivity contribution in [1.29, 1.82) is 0 Å². The lowest BCUT2D eigenvalue weighted by molar-refractivity contribution is -0.140. The lowest BCUT2D eigenvalue weighted by Gasteiger charge is -2.41. The summed E-state index contributed by atoms with van der Waals surface area (Å²) in [6.07, 6.45) is 1.85.